The maximum Gasteiger partial charge on any atom is 0.303 e. The van der Waals surface area contributed by atoms with Crippen molar-refractivity contribution in [1.29, 1.82) is 0 Å². The molecule has 7 aliphatic rings. The molecule has 0 radical (unpaired) electrons. The number of fused-ring (bicyclic) bond motifs is 1. The molecule has 0 aromatic heterocycles. The Bertz CT molecular complexity index is 913. The van der Waals surface area contributed by atoms with E-state index in [1.54, 1.807) is 6.92 Å². The fraction of sp³-hybridized carbons (Fsp3) is 0.792. The van der Waals surface area contributed by atoms with Crippen molar-refractivity contribution >= 4 is 17.7 Å². The van der Waals surface area contributed by atoms with Gasteiger partial charge < -0.3 is 14.7 Å². The highest BCUT2D eigenvalue weighted by atomic mass is 16.5. The summed E-state index contributed by atoms with van der Waals surface area (Å²) in [7, 11) is 0. The zero-order chi connectivity index (χ0) is 21.4. The van der Waals surface area contributed by atoms with Crippen LogP contribution < -0.4 is 0 Å². The second-order valence-corrected chi connectivity index (χ2v) is 11.4. The molecule has 6 heteroatoms. The van der Waals surface area contributed by atoms with Gasteiger partial charge in [-0.1, -0.05) is 19.9 Å². The van der Waals surface area contributed by atoms with E-state index in [1.165, 1.54) is 6.92 Å². The Labute approximate surface area is 177 Å². The first-order chi connectivity index (χ1) is 14.1. The highest BCUT2D eigenvalue weighted by Crippen LogP contribution is 2.82. The Morgan fingerprint density at radius 2 is 1.97 bits per heavy atom. The Balaban J connectivity index is 1.65. The molecule has 0 aromatic carbocycles. The number of aliphatic hydroxyl groups excluding tert-OH is 1. The van der Waals surface area contributed by atoms with E-state index in [1.807, 2.05) is 4.90 Å². The maximum atomic E-state index is 13.9. The van der Waals surface area contributed by atoms with Crippen LogP contribution in [0.1, 0.15) is 52.9 Å². The lowest BCUT2D eigenvalue weighted by molar-refractivity contribution is -0.228. The summed E-state index contributed by atoms with van der Waals surface area (Å²) >= 11 is 0. The first-order valence-electron chi connectivity index (χ1n) is 11.4. The molecule has 7 rings (SSSR count). The van der Waals surface area contributed by atoms with Gasteiger partial charge in [0.2, 0.25) is 5.91 Å². The molecule has 1 heterocycles. The Hall–Kier alpha value is -1.69. The minimum absolute atomic E-state index is 0.0567. The van der Waals surface area contributed by atoms with Crippen molar-refractivity contribution in [3.63, 3.8) is 0 Å². The minimum Gasteiger partial charge on any atom is -0.457 e. The molecule has 1 amide bonds. The summed E-state index contributed by atoms with van der Waals surface area (Å²) in [4.78, 5) is 40.9. The van der Waals surface area contributed by atoms with Crippen LogP contribution >= 0.6 is 0 Å². The van der Waals surface area contributed by atoms with Crippen molar-refractivity contribution in [1.82, 2.24) is 4.90 Å². The van der Waals surface area contributed by atoms with E-state index in [-0.39, 0.29) is 52.8 Å². The molecule has 2 spiro atoms. The maximum absolute atomic E-state index is 13.9. The molecule has 6 nitrogen and oxygen atoms in total. The molecule has 7 fully saturated rings. The fourth-order valence-electron chi connectivity index (χ4n) is 10.1. The van der Waals surface area contributed by atoms with Crippen LogP contribution in [-0.4, -0.2) is 52.5 Å². The highest BCUT2D eigenvalue weighted by Gasteiger charge is 2.86. The van der Waals surface area contributed by atoms with Gasteiger partial charge in [0.05, 0.1) is 6.10 Å². The monoisotopic (exact) mass is 413 g/mol. The van der Waals surface area contributed by atoms with Crippen LogP contribution in [0.15, 0.2) is 12.2 Å². The van der Waals surface area contributed by atoms with Gasteiger partial charge in [-0.15, -0.1) is 0 Å². The topological polar surface area (TPSA) is 83.9 Å². The van der Waals surface area contributed by atoms with Crippen LogP contribution in [0.5, 0.6) is 0 Å². The average molecular weight is 414 g/mol. The first-order valence-corrected chi connectivity index (χ1v) is 11.4. The van der Waals surface area contributed by atoms with Gasteiger partial charge >= 0.3 is 5.97 Å². The number of esters is 1. The number of carbonyl (C=O) groups excluding carboxylic acids is 3. The number of amides is 1. The molecule has 162 valence electrons. The summed E-state index contributed by atoms with van der Waals surface area (Å²) < 4.78 is 5.89. The lowest BCUT2D eigenvalue weighted by atomic mass is 9.38. The molecule has 6 aliphatic carbocycles. The zero-order valence-corrected chi connectivity index (χ0v) is 18.0. The van der Waals surface area contributed by atoms with Gasteiger partial charge in [0.15, 0.2) is 0 Å². The molecule has 6 saturated carbocycles. The lowest BCUT2D eigenvalue weighted by Gasteiger charge is -2.67. The molecule has 6 bridgehead atoms. The van der Waals surface area contributed by atoms with Crippen LogP contribution in [-0.2, 0) is 19.1 Å². The number of piperidine rings is 1. The molecular weight excluding hydrogens is 382 g/mol. The number of aliphatic hydroxyl groups is 1. The molecule has 10 atom stereocenters. The van der Waals surface area contributed by atoms with Crippen molar-refractivity contribution in [2.45, 2.75) is 71.1 Å². The van der Waals surface area contributed by atoms with Gasteiger partial charge in [-0.25, -0.2) is 0 Å². The molecule has 1 saturated heterocycles. The van der Waals surface area contributed by atoms with E-state index in [0.717, 1.165) is 31.3 Å². The van der Waals surface area contributed by atoms with Crippen LogP contribution in [0.2, 0.25) is 0 Å². The average Bonchev–Trinajstić information content (AvgIpc) is 2.75. The van der Waals surface area contributed by atoms with Crippen LogP contribution in [0.4, 0.5) is 0 Å². The van der Waals surface area contributed by atoms with Gasteiger partial charge in [0.25, 0.3) is 0 Å². The third-order valence-electron chi connectivity index (χ3n) is 10.3. The number of nitrogens with zero attached hydrogens (tertiary/aromatic N) is 1. The number of hydrogen-bond acceptors (Lipinski definition) is 5. The quantitative estimate of drug-likeness (QED) is 0.526. The fourth-order valence-corrected chi connectivity index (χ4v) is 10.1. The lowest BCUT2D eigenvalue weighted by Crippen LogP contribution is -2.72. The van der Waals surface area contributed by atoms with Crippen molar-refractivity contribution < 1.29 is 24.2 Å². The van der Waals surface area contributed by atoms with Crippen LogP contribution in [0.3, 0.4) is 0 Å². The second-order valence-electron chi connectivity index (χ2n) is 11.4. The highest BCUT2D eigenvalue weighted by molar-refractivity contribution is 5.88. The SMILES string of the molecule is C=C1[C@H]2C[C@@H]3C4N(C(C)=O)C[C@]5(C)CCC[C@@]46[C@@H]5C(=O)C[C@]3([C@@H]1OC(C)=O)[C@H]6[C@H]2O. The third-order valence-corrected chi connectivity index (χ3v) is 10.3. The Kier molecular flexibility index (Phi) is 3.41. The minimum atomic E-state index is -0.633. The summed E-state index contributed by atoms with van der Waals surface area (Å²) in [5, 5.41) is 11.6. The van der Waals surface area contributed by atoms with E-state index in [4.69, 9.17) is 4.74 Å². The van der Waals surface area contributed by atoms with Crippen molar-refractivity contribution in [2.24, 2.45) is 39.9 Å². The predicted octanol–water partition coefficient (Wildman–Crippen LogP) is 2.10. The molecule has 1 N–H and O–H groups in total. The van der Waals surface area contributed by atoms with Crippen molar-refractivity contribution in [2.75, 3.05) is 6.54 Å². The summed E-state index contributed by atoms with van der Waals surface area (Å²) in [6, 6.07) is -0.0596. The van der Waals surface area contributed by atoms with Gasteiger partial charge in [-0.05, 0) is 36.2 Å². The smallest absolute Gasteiger partial charge is 0.303 e. The van der Waals surface area contributed by atoms with E-state index in [9.17, 15) is 19.5 Å². The van der Waals surface area contributed by atoms with Crippen LogP contribution in [0.25, 0.3) is 0 Å². The van der Waals surface area contributed by atoms with E-state index >= 15 is 0 Å². The number of Topliss-reactive ketones (excluding diaryl/α,β-unsaturated/α-hetero) is 1. The number of carbonyl (C=O) groups is 3. The number of ether oxygens (including phenoxy) is 1. The van der Waals surface area contributed by atoms with E-state index < -0.39 is 23.0 Å². The summed E-state index contributed by atoms with van der Waals surface area (Å²) in [5.41, 5.74) is -0.529. The first kappa shape index (κ1) is 19.0. The molecule has 1 aliphatic heterocycles. The van der Waals surface area contributed by atoms with Crippen molar-refractivity contribution in [3.8, 4) is 0 Å². The largest absolute Gasteiger partial charge is 0.457 e. The molecule has 0 aromatic rings. The van der Waals surface area contributed by atoms with Gasteiger partial charge in [-0.2, -0.15) is 0 Å². The normalized spacial score (nSPS) is 54.9. The second kappa shape index (κ2) is 5.37. The standard InChI is InChI=1S/C24H31NO5/c1-11-14-8-15-20-23-7-5-6-22(4,10-25(20)12(2)26)18(23)16(28)9-24(15,19(23)17(14)29)21(11)30-13(3)27/h14-15,17-21,29H,1,5-10H2,2-4H3/t14-,15-,17+,18-,19+,20?,21-,22+,23+,24-/m1/s1. The summed E-state index contributed by atoms with van der Waals surface area (Å²) in [5.74, 6) is -0.390. The van der Waals surface area contributed by atoms with Gasteiger partial charge in [0.1, 0.15) is 11.9 Å². The van der Waals surface area contributed by atoms with E-state index in [0.29, 0.717) is 13.0 Å². The predicted molar refractivity (Wildman–Crippen MR) is 107 cm³/mol. The number of likely N-dealkylation sites (tertiary alicyclic amines) is 1. The number of rotatable bonds is 1. The molecule has 1 unspecified atom stereocenters. The summed E-state index contributed by atoms with van der Waals surface area (Å²) in [6.07, 6.45) is 2.73. The Morgan fingerprint density at radius 3 is 2.63 bits per heavy atom. The van der Waals surface area contributed by atoms with Crippen LogP contribution in [0, 0.1) is 39.9 Å². The Morgan fingerprint density at radius 1 is 1.23 bits per heavy atom. The zero-order valence-electron chi connectivity index (χ0n) is 18.0. The van der Waals surface area contributed by atoms with Gasteiger partial charge in [0, 0.05) is 61.4 Å². The van der Waals surface area contributed by atoms with E-state index in [2.05, 4.69) is 13.5 Å². The number of ketones is 1. The van der Waals surface area contributed by atoms with Crippen molar-refractivity contribution in [3.05, 3.63) is 12.2 Å². The number of hydrogen-bond donors (Lipinski definition) is 1. The molecular formula is C24H31NO5. The van der Waals surface area contributed by atoms with Gasteiger partial charge in [-0.3, -0.25) is 14.4 Å². The third kappa shape index (κ3) is 1.74. The summed E-state index contributed by atoms with van der Waals surface area (Å²) in [6.45, 7) is 10.1. The molecule has 30 heavy (non-hydrogen) atoms.